The molecular weight excluding hydrogens is 359 g/mol. The van der Waals surface area contributed by atoms with Crippen LogP contribution in [0.15, 0.2) is 36.0 Å². The summed E-state index contributed by atoms with van der Waals surface area (Å²) in [7, 11) is 5.53. The highest BCUT2D eigenvalue weighted by molar-refractivity contribution is 14.2. The smallest absolute Gasteiger partial charge is 0.192 e. The van der Waals surface area contributed by atoms with Gasteiger partial charge < -0.3 is 9.21 Å². The minimum Gasteiger partial charge on any atom is -0.383 e. The van der Waals surface area contributed by atoms with E-state index in [1.165, 1.54) is 0 Å². The molecule has 2 rings (SSSR count). The molecule has 0 aromatic heterocycles. The summed E-state index contributed by atoms with van der Waals surface area (Å²) < 4.78 is 2.17. The van der Waals surface area contributed by atoms with E-state index in [2.05, 4.69) is 25.5 Å². The molecule has 0 N–H and O–H groups in total. The second-order valence-corrected chi connectivity index (χ2v) is 6.15. The molecule has 1 aromatic rings. The third-order valence-electron chi connectivity index (χ3n) is 2.79. The minimum atomic E-state index is 0.146. The molecule has 1 heterocycles. The third-order valence-corrected chi connectivity index (χ3v) is 4.76. The van der Waals surface area contributed by atoms with E-state index in [0.29, 0.717) is 0 Å². The zero-order valence-electron chi connectivity index (χ0n) is 10.4. The van der Waals surface area contributed by atoms with E-state index in [9.17, 15) is 4.79 Å². The van der Waals surface area contributed by atoms with Crippen LogP contribution < -0.4 is 4.31 Å². The maximum Gasteiger partial charge on any atom is 0.192 e. The molecule has 1 aromatic carbocycles. The van der Waals surface area contributed by atoms with E-state index in [1.807, 2.05) is 49.5 Å². The topological polar surface area (TPSA) is 23.6 Å². The van der Waals surface area contributed by atoms with Gasteiger partial charge in [0.2, 0.25) is 0 Å². The monoisotopic (exact) mass is 374 g/mol. The first-order valence-corrected chi connectivity index (χ1v) is 9.02. The number of para-hydroxylation sites is 1. The van der Waals surface area contributed by atoms with Gasteiger partial charge in [0.1, 0.15) is 0 Å². The molecule has 0 amide bonds. The van der Waals surface area contributed by atoms with Gasteiger partial charge in [-0.1, -0.05) is 12.1 Å². The van der Waals surface area contributed by atoms with Gasteiger partial charge >= 0.3 is 0 Å². The Kier molecular flexibility index (Phi) is 4.55. The maximum atomic E-state index is 12.5. The number of carbonyl (C=O) groups is 1. The molecule has 0 atom stereocenters. The van der Waals surface area contributed by atoms with E-state index in [4.69, 9.17) is 0 Å². The average molecular weight is 374 g/mol. The molecule has 3 nitrogen and oxygen atoms in total. The largest absolute Gasteiger partial charge is 0.383 e. The normalized spacial score (nSPS) is 17.6. The van der Waals surface area contributed by atoms with E-state index in [-0.39, 0.29) is 5.78 Å². The van der Waals surface area contributed by atoms with Crippen molar-refractivity contribution >= 4 is 41.8 Å². The van der Waals surface area contributed by atoms with Crippen LogP contribution in [0, 0.1) is 0 Å². The van der Waals surface area contributed by atoms with Crippen molar-refractivity contribution in [2.24, 2.45) is 0 Å². The van der Waals surface area contributed by atoms with Gasteiger partial charge in [-0.3, -0.25) is 4.79 Å². The Balaban J connectivity index is 2.47. The summed E-state index contributed by atoms with van der Waals surface area (Å²) in [6.45, 7) is 0.857. The number of benzene rings is 1. The van der Waals surface area contributed by atoms with Crippen molar-refractivity contribution in [2.45, 2.75) is 6.42 Å². The Morgan fingerprint density at radius 2 is 2.11 bits per heavy atom. The van der Waals surface area contributed by atoms with Gasteiger partial charge in [0.15, 0.2) is 5.78 Å². The first-order valence-electron chi connectivity index (χ1n) is 5.70. The Hall–Kier alpha value is -0.690. The summed E-state index contributed by atoms with van der Waals surface area (Å²) in [5.41, 5.74) is 2.69. The van der Waals surface area contributed by atoms with E-state index in [0.717, 1.165) is 29.8 Å². The average Bonchev–Trinajstić information content (AvgIpc) is 2.49. The summed E-state index contributed by atoms with van der Waals surface area (Å²) in [6, 6.07) is 7.82. The van der Waals surface area contributed by atoms with Crippen LogP contribution in [0.4, 0.5) is 5.69 Å². The standard InChI is InChI=1S/C13H15IN2OS/c1-15(2)9-10-7-8-16(18-14)12-6-4-3-5-11(12)13(10)17/h3-6,9H,7-8H2,1-2H3/b10-9+. The molecule has 1 aliphatic heterocycles. The van der Waals surface area contributed by atoms with Crippen LogP contribution in [-0.2, 0) is 0 Å². The molecule has 0 saturated heterocycles. The summed E-state index contributed by atoms with van der Waals surface area (Å²) in [4.78, 5) is 14.4. The number of halogens is 1. The molecule has 0 unspecified atom stereocenters. The number of anilines is 1. The molecule has 0 saturated carbocycles. The lowest BCUT2D eigenvalue weighted by molar-refractivity contribution is 0.103. The molecular formula is C13H15IN2OS. The Bertz CT molecular complexity index is 488. The van der Waals surface area contributed by atoms with Crippen molar-refractivity contribution in [1.82, 2.24) is 4.90 Å². The first-order chi connectivity index (χ1) is 8.63. The predicted octanol–water partition coefficient (Wildman–Crippen LogP) is 3.52. The van der Waals surface area contributed by atoms with Crippen molar-refractivity contribution in [2.75, 3.05) is 24.9 Å². The van der Waals surface area contributed by atoms with Crippen LogP contribution >= 0.6 is 30.3 Å². The van der Waals surface area contributed by atoms with Crippen molar-refractivity contribution in [3.63, 3.8) is 0 Å². The lowest BCUT2D eigenvalue weighted by Gasteiger charge is -2.19. The molecule has 96 valence electrons. The van der Waals surface area contributed by atoms with Crippen molar-refractivity contribution in [1.29, 1.82) is 0 Å². The first kappa shape index (κ1) is 13.7. The maximum absolute atomic E-state index is 12.5. The number of Topliss-reactive ketones (excluding diaryl/α,β-unsaturated/α-hetero) is 1. The van der Waals surface area contributed by atoms with Gasteiger partial charge in [-0.15, -0.1) is 0 Å². The van der Waals surface area contributed by atoms with Crippen LogP contribution in [0.2, 0.25) is 0 Å². The number of fused-ring (bicyclic) bond motifs is 1. The molecule has 0 spiro atoms. The summed E-state index contributed by atoms with van der Waals surface area (Å²) in [5.74, 6) is 0.146. The number of carbonyl (C=O) groups excluding carboxylic acids is 1. The van der Waals surface area contributed by atoms with Crippen LogP contribution in [0.5, 0.6) is 0 Å². The van der Waals surface area contributed by atoms with Crippen molar-refractivity contribution < 1.29 is 4.79 Å². The number of hydrogen-bond acceptors (Lipinski definition) is 4. The fourth-order valence-corrected chi connectivity index (χ4v) is 3.64. The second-order valence-electron chi connectivity index (χ2n) is 4.39. The van der Waals surface area contributed by atoms with E-state index in [1.54, 1.807) is 9.12 Å². The van der Waals surface area contributed by atoms with Gasteiger partial charge in [0, 0.05) is 68.3 Å². The van der Waals surface area contributed by atoms with Gasteiger partial charge in [-0.25, -0.2) is 0 Å². The van der Waals surface area contributed by atoms with E-state index >= 15 is 0 Å². The number of nitrogens with zero attached hydrogens (tertiary/aromatic N) is 2. The lowest BCUT2D eigenvalue weighted by Crippen LogP contribution is -2.13. The Morgan fingerprint density at radius 3 is 2.78 bits per heavy atom. The highest BCUT2D eigenvalue weighted by Gasteiger charge is 2.24. The summed E-state index contributed by atoms with van der Waals surface area (Å²) in [5, 5.41) is 0. The highest BCUT2D eigenvalue weighted by Crippen LogP contribution is 2.35. The Morgan fingerprint density at radius 1 is 1.39 bits per heavy atom. The molecule has 0 fully saturated rings. The second kappa shape index (κ2) is 5.97. The van der Waals surface area contributed by atoms with Crippen LogP contribution in [-0.4, -0.2) is 31.3 Å². The molecule has 0 aliphatic carbocycles. The SMILES string of the molecule is CN(C)/C=C1\CCN(SI)c2ccccc2C1=O. The van der Waals surface area contributed by atoms with Crippen LogP contribution in [0.3, 0.4) is 0 Å². The fraction of sp³-hybridized carbons (Fsp3) is 0.308. The molecule has 0 bridgehead atoms. The summed E-state index contributed by atoms with van der Waals surface area (Å²) in [6.07, 6.45) is 2.71. The highest BCUT2D eigenvalue weighted by atomic mass is 127. The van der Waals surface area contributed by atoms with Gasteiger partial charge in [0.25, 0.3) is 0 Å². The van der Waals surface area contributed by atoms with E-state index < -0.39 is 0 Å². The number of rotatable bonds is 2. The van der Waals surface area contributed by atoms with Crippen LogP contribution in [0.25, 0.3) is 0 Å². The minimum absolute atomic E-state index is 0.146. The van der Waals surface area contributed by atoms with Crippen molar-refractivity contribution in [3.05, 3.63) is 41.6 Å². The quantitative estimate of drug-likeness (QED) is 0.449. The summed E-state index contributed by atoms with van der Waals surface area (Å²) >= 11 is 2.26. The predicted molar refractivity (Wildman–Crippen MR) is 86.1 cm³/mol. The van der Waals surface area contributed by atoms with Gasteiger partial charge in [0.05, 0.1) is 5.69 Å². The van der Waals surface area contributed by atoms with Crippen LogP contribution in [0.1, 0.15) is 16.8 Å². The lowest BCUT2D eigenvalue weighted by atomic mass is 10.0. The molecule has 0 radical (unpaired) electrons. The zero-order valence-corrected chi connectivity index (χ0v) is 13.4. The van der Waals surface area contributed by atoms with Crippen molar-refractivity contribution in [3.8, 4) is 0 Å². The fourth-order valence-electron chi connectivity index (χ4n) is 2.02. The molecule has 1 aliphatic rings. The zero-order chi connectivity index (χ0) is 13.1. The van der Waals surface area contributed by atoms with Gasteiger partial charge in [-0.2, -0.15) is 0 Å². The van der Waals surface area contributed by atoms with Gasteiger partial charge in [-0.05, 0) is 18.6 Å². The number of hydrogen-bond donors (Lipinski definition) is 0. The molecule has 5 heteroatoms. The Labute approximate surface area is 124 Å². The third kappa shape index (κ3) is 2.83. The molecule has 18 heavy (non-hydrogen) atoms. The number of ketones is 1.